The number of halogens is 2. The minimum absolute atomic E-state index is 0.771. The molecule has 0 fully saturated rings. The maximum absolute atomic E-state index is 6.08. The van der Waals surface area contributed by atoms with Gasteiger partial charge in [0.25, 0.3) is 0 Å². The van der Waals surface area contributed by atoms with Crippen LogP contribution in [0.1, 0.15) is 26.7 Å². The lowest BCUT2D eigenvalue weighted by atomic mass is 10.1. The zero-order chi connectivity index (χ0) is 11.3. The Kier molecular flexibility index (Phi) is 5.48. The van der Waals surface area contributed by atoms with Crippen molar-refractivity contribution in [3.8, 4) is 0 Å². The molecule has 0 aromatic heterocycles. The summed E-state index contributed by atoms with van der Waals surface area (Å²) in [6.45, 7) is 5.47. The molecule has 0 saturated carbocycles. The van der Waals surface area contributed by atoms with E-state index in [9.17, 15) is 0 Å². The first-order chi connectivity index (χ1) is 7.09. The summed E-state index contributed by atoms with van der Waals surface area (Å²) in [7, 11) is 0. The largest absolute Gasteiger partial charge is 0.384 e. The maximum atomic E-state index is 6.08. The molecule has 1 nitrogen and oxygen atoms in total. The minimum atomic E-state index is 0.771. The predicted octanol–water partition coefficient (Wildman–Crippen LogP) is 4.95. The summed E-state index contributed by atoms with van der Waals surface area (Å²) in [4.78, 5) is 0. The number of benzene rings is 1. The van der Waals surface area contributed by atoms with Gasteiger partial charge in [0.1, 0.15) is 0 Å². The molecule has 1 rings (SSSR count). The quantitative estimate of drug-likeness (QED) is 0.757. The van der Waals surface area contributed by atoms with E-state index in [1.54, 1.807) is 0 Å². The second-order valence-corrected chi connectivity index (χ2v) is 5.41. The van der Waals surface area contributed by atoms with Crippen LogP contribution in [0.2, 0.25) is 5.02 Å². The van der Waals surface area contributed by atoms with Crippen molar-refractivity contribution in [2.45, 2.75) is 26.7 Å². The average molecular weight is 291 g/mol. The second-order valence-electron chi connectivity index (χ2n) is 4.09. The molecule has 0 radical (unpaired) electrons. The highest BCUT2D eigenvalue weighted by Gasteiger charge is 2.00. The van der Waals surface area contributed by atoms with E-state index in [0.29, 0.717) is 0 Å². The smallest absolute Gasteiger partial charge is 0.0648 e. The summed E-state index contributed by atoms with van der Waals surface area (Å²) in [6.07, 6.45) is 2.44. The summed E-state index contributed by atoms with van der Waals surface area (Å²) >= 11 is 9.46. The first-order valence-corrected chi connectivity index (χ1v) is 6.45. The van der Waals surface area contributed by atoms with Crippen molar-refractivity contribution in [1.29, 1.82) is 0 Å². The molecule has 0 atom stereocenters. The molecule has 0 bridgehead atoms. The zero-order valence-corrected chi connectivity index (χ0v) is 11.5. The molecule has 0 spiro atoms. The van der Waals surface area contributed by atoms with Crippen LogP contribution in [0.3, 0.4) is 0 Å². The fourth-order valence-corrected chi connectivity index (χ4v) is 2.11. The topological polar surface area (TPSA) is 12.0 Å². The van der Waals surface area contributed by atoms with Crippen LogP contribution >= 0.6 is 27.5 Å². The number of hydrogen-bond donors (Lipinski definition) is 1. The molecule has 0 saturated heterocycles. The van der Waals surface area contributed by atoms with Gasteiger partial charge in [-0.05, 0) is 37.0 Å². The van der Waals surface area contributed by atoms with Crippen LogP contribution in [0, 0.1) is 5.92 Å². The lowest BCUT2D eigenvalue weighted by Gasteiger charge is -2.09. The molecule has 1 aromatic carbocycles. The molecule has 1 N–H and O–H groups in total. The standard InChI is InChI=1S/C12H17BrClN/c1-9(2)4-3-7-15-12-6-5-10(13)8-11(12)14/h5-6,8-9,15H,3-4,7H2,1-2H3. The van der Waals surface area contributed by atoms with Crippen LogP contribution in [0.25, 0.3) is 0 Å². The molecule has 0 aliphatic rings. The van der Waals surface area contributed by atoms with Gasteiger partial charge in [-0.15, -0.1) is 0 Å². The highest BCUT2D eigenvalue weighted by Crippen LogP contribution is 2.25. The summed E-state index contributed by atoms with van der Waals surface area (Å²) in [5.41, 5.74) is 1.02. The Balaban J connectivity index is 2.37. The van der Waals surface area contributed by atoms with Crippen molar-refractivity contribution in [3.05, 3.63) is 27.7 Å². The van der Waals surface area contributed by atoms with E-state index in [0.717, 1.165) is 27.6 Å². The van der Waals surface area contributed by atoms with Gasteiger partial charge in [-0.1, -0.05) is 41.4 Å². The SMILES string of the molecule is CC(C)CCCNc1ccc(Br)cc1Cl. The van der Waals surface area contributed by atoms with Crippen LogP contribution in [-0.4, -0.2) is 6.54 Å². The van der Waals surface area contributed by atoms with Crippen LogP contribution in [0.15, 0.2) is 22.7 Å². The number of nitrogens with one attached hydrogen (secondary N) is 1. The van der Waals surface area contributed by atoms with Crippen molar-refractivity contribution in [2.75, 3.05) is 11.9 Å². The number of anilines is 1. The molecular formula is C12H17BrClN. The monoisotopic (exact) mass is 289 g/mol. The number of rotatable bonds is 5. The molecule has 3 heteroatoms. The van der Waals surface area contributed by atoms with E-state index in [-0.39, 0.29) is 0 Å². The fourth-order valence-electron chi connectivity index (χ4n) is 1.37. The van der Waals surface area contributed by atoms with Gasteiger partial charge in [0.05, 0.1) is 10.7 Å². The molecule has 15 heavy (non-hydrogen) atoms. The Morgan fingerprint density at radius 2 is 2.13 bits per heavy atom. The van der Waals surface area contributed by atoms with Gasteiger partial charge in [-0.25, -0.2) is 0 Å². The van der Waals surface area contributed by atoms with Crippen LogP contribution in [-0.2, 0) is 0 Å². The van der Waals surface area contributed by atoms with Gasteiger partial charge in [0.15, 0.2) is 0 Å². The van der Waals surface area contributed by atoms with Gasteiger partial charge in [-0.2, -0.15) is 0 Å². The van der Waals surface area contributed by atoms with Gasteiger partial charge >= 0.3 is 0 Å². The van der Waals surface area contributed by atoms with Crippen LogP contribution < -0.4 is 5.32 Å². The van der Waals surface area contributed by atoms with Crippen LogP contribution in [0.5, 0.6) is 0 Å². The third-order valence-corrected chi connectivity index (χ3v) is 3.01. The zero-order valence-electron chi connectivity index (χ0n) is 9.19. The molecule has 0 aliphatic heterocycles. The molecule has 1 aromatic rings. The van der Waals surface area contributed by atoms with Crippen molar-refractivity contribution >= 4 is 33.2 Å². The molecular weight excluding hydrogens is 273 g/mol. The van der Waals surface area contributed by atoms with Crippen molar-refractivity contribution in [3.63, 3.8) is 0 Å². The van der Waals surface area contributed by atoms with E-state index in [2.05, 4.69) is 35.1 Å². The van der Waals surface area contributed by atoms with Gasteiger partial charge in [-0.3, -0.25) is 0 Å². The average Bonchev–Trinajstić information content (AvgIpc) is 2.14. The Bertz CT molecular complexity index is 312. The Morgan fingerprint density at radius 3 is 2.73 bits per heavy atom. The third-order valence-electron chi connectivity index (χ3n) is 2.20. The Morgan fingerprint density at radius 1 is 1.40 bits per heavy atom. The molecule has 0 unspecified atom stereocenters. The lowest BCUT2D eigenvalue weighted by molar-refractivity contribution is 0.567. The molecule has 0 heterocycles. The predicted molar refractivity (Wildman–Crippen MR) is 71.7 cm³/mol. The van der Waals surface area contributed by atoms with E-state index in [1.165, 1.54) is 12.8 Å². The number of hydrogen-bond acceptors (Lipinski definition) is 1. The Labute approximate surface area is 105 Å². The summed E-state index contributed by atoms with van der Waals surface area (Å²) in [6, 6.07) is 5.91. The van der Waals surface area contributed by atoms with E-state index < -0.39 is 0 Å². The highest BCUT2D eigenvalue weighted by molar-refractivity contribution is 9.10. The van der Waals surface area contributed by atoms with Gasteiger partial charge in [0, 0.05) is 11.0 Å². The van der Waals surface area contributed by atoms with Gasteiger partial charge in [0.2, 0.25) is 0 Å². The molecule has 0 aliphatic carbocycles. The first kappa shape index (κ1) is 12.9. The Hall–Kier alpha value is -0.210. The van der Waals surface area contributed by atoms with Crippen LogP contribution in [0.4, 0.5) is 5.69 Å². The van der Waals surface area contributed by atoms with Crippen molar-refractivity contribution in [1.82, 2.24) is 0 Å². The summed E-state index contributed by atoms with van der Waals surface area (Å²) in [5, 5.41) is 4.11. The fraction of sp³-hybridized carbons (Fsp3) is 0.500. The highest BCUT2D eigenvalue weighted by atomic mass is 79.9. The van der Waals surface area contributed by atoms with Crippen molar-refractivity contribution in [2.24, 2.45) is 5.92 Å². The maximum Gasteiger partial charge on any atom is 0.0648 e. The first-order valence-electron chi connectivity index (χ1n) is 5.28. The van der Waals surface area contributed by atoms with E-state index >= 15 is 0 Å². The molecule has 0 amide bonds. The van der Waals surface area contributed by atoms with E-state index in [4.69, 9.17) is 11.6 Å². The minimum Gasteiger partial charge on any atom is -0.384 e. The second kappa shape index (κ2) is 6.39. The van der Waals surface area contributed by atoms with Crippen molar-refractivity contribution < 1.29 is 0 Å². The molecule has 84 valence electrons. The van der Waals surface area contributed by atoms with Gasteiger partial charge < -0.3 is 5.32 Å². The normalized spacial score (nSPS) is 10.7. The summed E-state index contributed by atoms with van der Waals surface area (Å²) < 4.78 is 1.01. The van der Waals surface area contributed by atoms with E-state index in [1.807, 2.05) is 18.2 Å². The third kappa shape index (κ3) is 4.89. The lowest BCUT2D eigenvalue weighted by Crippen LogP contribution is -2.03. The summed E-state index contributed by atoms with van der Waals surface area (Å²) in [5.74, 6) is 0.771.